The van der Waals surface area contributed by atoms with E-state index < -0.39 is 0 Å². The van der Waals surface area contributed by atoms with Crippen molar-refractivity contribution in [1.29, 1.82) is 0 Å². The summed E-state index contributed by atoms with van der Waals surface area (Å²) in [6.07, 6.45) is 2.07. The topological polar surface area (TPSA) is 29.4 Å². The predicted octanol–water partition coefficient (Wildman–Crippen LogP) is 0.666. The van der Waals surface area contributed by atoms with Gasteiger partial charge in [0, 0.05) is 19.7 Å². The Labute approximate surface area is 43.3 Å². The summed E-state index contributed by atoms with van der Waals surface area (Å²) in [4.78, 5) is 13.7. The van der Waals surface area contributed by atoms with Gasteiger partial charge in [0.15, 0.2) is 0 Å². The first-order chi connectivity index (χ1) is 3.27. The second-order valence-electron chi connectivity index (χ2n) is 1.35. The highest BCUT2D eigenvalue weighted by molar-refractivity contribution is 5.89. The lowest BCUT2D eigenvalue weighted by Gasteiger charge is -1.77. The van der Waals surface area contributed by atoms with Crippen LogP contribution in [0, 0.1) is 0 Å². The van der Waals surface area contributed by atoms with Crippen molar-refractivity contribution in [3.8, 4) is 0 Å². The van der Waals surface area contributed by atoms with Gasteiger partial charge < -0.3 is 4.99 Å². The Morgan fingerprint density at radius 2 is 2.43 bits per heavy atom. The van der Waals surface area contributed by atoms with Crippen molar-refractivity contribution in [2.24, 2.45) is 4.99 Å². The number of nitrogens with zero attached hydrogens (tertiary/aromatic N) is 1. The van der Waals surface area contributed by atoms with Crippen molar-refractivity contribution in [3.63, 3.8) is 0 Å². The highest BCUT2D eigenvalue weighted by atomic mass is 16.1. The summed E-state index contributed by atoms with van der Waals surface area (Å²) < 4.78 is 0. The van der Waals surface area contributed by atoms with Crippen molar-refractivity contribution < 1.29 is 4.79 Å². The summed E-state index contributed by atoms with van der Waals surface area (Å²) in [5.74, 6) is 0.158. The number of rotatable bonds is 2. The van der Waals surface area contributed by atoms with Crippen molar-refractivity contribution in [1.82, 2.24) is 0 Å². The zero-order valence-electron chi connectivity index (χ0n) is 4.64. The van der Waals surface area contributed by atoms with Crippen LogP contribution in [0.4, 0.5) is 0 Å². The molecule has 0 fully saturated rings. The van der Waals surface area contributed by atoms with Gasteiger partial charge in [-0.15, -0.1) is 0 Å². The minimum atomic E-state index is 0.158. The molecule has 0 N–H and O–H groups in total. The molecule has 0 aromatic carbocycles. The van der Waals surface area contributed by atoms with E-state index in [4.69, 9.17) is 0 Å². The lowest BCUT2D eigenvalue weighted by molar-refractivity contribution is -0.115. The van der Waals surface area contributed by atoms with E-state index in [0.29, 0.717) is 6.42 Å². The SMILES string of the molecule is CN=CCC(C)=O. The van der Waals surface area contributed by atoms with Crippen molar-refractivity contribution >= 4 is 12.0 Å². The molecule has 0 aliphatic heterocycles. The van der Waals surface area contributed by atoms with E-state index in [1.807, 2.05) is 0 Å². The molecule has 0 radical (unpaired) electrons. The van der Waals surface area contributed by atoms with Crippen molar-refractivity contribution in [2.75, 3.05) is 7.05 Å². The van der Waals surface area contributed by atoms with E-state index in [0.717, 1.165) is 0 Å². The molecule has 0 aromatic heterocycles. The van der Waals surface area contributed by atoms with E-state index in [1.165, 1.54) is 0 Å². The number of carbonyl (C=O) groups excluding carboxylic acids is 1. The molecule has 40 valence electrons. The average Bonchev–Trinajstić information content (AvgIpc) is 1.61. The molecule has 0 spiro atoms. The van der Waals surface area contributed by atoms with Gasteiger partial charge in [-0.2, -0.15) is 0 Å². The van der Waals surface area contributed by atoms with Crippen LogP contribution >= 0.6 is 0 Å². The molecule has 0 saturated heterocycles. The number of aliphatic imine (C=N–C) groups is 1. The lowest BCUT2D eigenvalue weighted by atomic mass is 10.3. The Morgan fingerprint density at radius 1 is 1.86 bits per heavy atom. The molecule has 0 aliphatic rings. The maximum absolute atomic E-state index is 10.1. The van der Waals surface area contributed by atoms with Crippen molar-refractivity contribution in [2.45, 2.75) is 13.3 Å². The first-order valence-electron chi connectivity index (χ1n) is 2.17. The maximum atomic E-state index is 10.1. The highest BCUT2D eigenvalue weighted by Gasteiger charge is 1.82. The second kappa shape index (κ2) is 3.53. The summed E-state index contributed by atoms with van der Waals surface area (Å²) in [5.41, 5.74) is 0. The summed E-state index contributed by atoms with van der Waals surface area (Å²) in [6.45, 7) is 1.54. The number of hydrogen-bond donors (Lipinski definition) is 0. The molecule has 7 heavy (non-hydrogen) atoms. The molecular weight excluding hydrogens is 90.1 g/mol. The molecule has 2 nitrogen and oxygen atoms in total. The average molecular weight is 99.1 g/mol. The van der Waals surface area contributed by atoms with Crippen molar-refractivity contribution in [3.05, 3.63) is 0 Å². The van der Waals surface area contributed by atoms with Gasteiger partial charge in [0.05, 0.1) is 0 Å². The smallest absolute Gasteiger partial charge is 0.135 e. The Hall–Kier alpha value is -0.660. The maximum Gasteiger partial charge on any atom is 0.135 e. The Kier molecular flexibility index (Phi) is 3.19. The fourth-order valence-electron chi connectivity index (χ4n) is 0.220. The normalized spacial score (nSPS) is 10.0. The van der Waals surface area contributed by atoms with Crippen LogP contribution in [0.3, 0.4) is 0 Å². The molecule has 0 atom stereocenters. The van der Waals surface area contributed by atoms with Crippen LogP contribution < -0.4 is 0 Å². The minimum absolute atomic E-state index is 0.158. The van der Waals surface area contributed by atoms with Gasteiger partial charge in [0.25, 0.3) is 0 Å². The first-order valence-corrected chi connectivity index (χ1v) is 2.17. The van der Waals surface area contributed by atoms with Gasteiger partial charge in [-0.25, -0.2) is 0 Å². The minimum Gasteiger partial charge on any atom is -0.300 e. The Bertz CT molecular complexity index is 86.1. The van der Waals surface area contributed by atoms with E-state index >= 15 is 0 Å². The van der Waals surface area contributed by atoms with E-state index in [9.17, 15) is 4.79 Å². The largest absolute Gasteiger partial charge is 0.300 e. The monoisotopic (exact) mass is 99.1 g/mol. The summed E-state index contributed by atoms with van der Waals surface area (Å²) >= 11 is 0. The Morgan fingerprint density at radius 3 is 2.57 bits per heavy atom. The van der Waals surface area contributed by atoms with Crippen LogP contribution in [0.1, 0.15) is 13.3 Å². The third-order valence-electron chi connectivity index (χ3n) is 0.561. The molecule has 0 aromatic rings. The van der Waals surface area contributed by atoms with Gasteiger partial charge in [0.1, 0.15) is 5.78 Å². The summed E-state index contributed by atoms with van der Waals surface area (Å²) in [7, 11) is 1.66. The highest BCUT2D eigenvalue weighted by Crippen LogP contribution is 1.72. The first kappa shape index (κ1) is 6.34. The molecule has 0 unspecified atom stereocenters. The van der Waals surface area contributed by atoms with Gasteiger partial charge in [-0.3, -0.25) is 4.79 Å². The van der Waals surface area contributed by atoms with Crippen LogP contribution in [-0.4, -0.2) is 19.0 Å². The molecule has 0 heterocycles. The standard InChI is InChI=1S/C5H9NO/c1-5(7)3-4-6-2/h4H,3H2,1-2H3. The third kappa shape index (κ3) is 5.34. The van der Waals surface area contributed by atoms with Crippen LogP contribution in [0.2, 0.25) is 0 Å². The Balaban J connectivity index is 3.14. The molecular formula is C5H9NO. The molecule has 0 amide bonds. The van der Waals surface area contributed by atoms with E-state index in [2.05, 4.69) is 4.99 Å². The molecule has 0 aliphatic carbocycles. The van der Waals surface area contributed by atoms with Crippen LogP contribution in [0.15, 0.2) is 4.99 Å². The number of hydrogen-bond acceptors (Lipinski definition) is 2. The van der Waals surface area contributed by atoms with Gasteiger partial charge >= 0.3 is 0 Å². The van der Waals surface area contributed by atoms with E-state index in [1.54, 1.807) is 20.2 Å². The third-order valence-corrected chi connectivity index (χ3v) is 0.561. The quantitative estimate of drug-likeness (QED) is 0.468. The number of carbonyl (C=O) groups is 1. The summed E-state index contributed by atoms with van der Waals surface area (Å²) in [6, 6.07) is 0. The molecule has 2 heteroatoms. The molecule has 0 rings (SSSR count). The number of Topliss-reactive ketones (excluding diaryl/α,β-unsaturated/α-hetero) is 1. The lowest BCUT2D eigenvalue weighted by Crippen LogP contribution is -1.88. The fourth-order valence-corrected chi connectivity index (χ4v) is 0.220. The zero-order chi connectivity index (χ0) is 5.70. The van der Waals surface area contributed by atoms with Crippen LogP contribution in [0.25, 0.3) is 0 Å². The van der Waals surface area contributed by atoms with Gasteiger partial charge in [0.2, 0.25) is 0 Å². The predicted molar refractivity (Wildman–Crippen MR) is 29.7 cm³/mol. The van der Waals surface area contributed by atoms with Crippen LogP contribution in [-0.2, 0) is 4.79 Å². The van der Waals surface area contributed by atoms with Gasteiger partial charge in [-0.05, 0) is 6.92 Å². The summed E-state index contributed by atoms with van der Waals surface area (Å²) in [5, 5.41) is 0. The number of ketones is 1. The fraction of sp³-hybridized carbons (Fsp3) is 0.600. The zero-order valence-corrected chi connectivity index (χ0v) is 4.64. The van der Waals surface area contributed by atoms with Crippen LogP contribution in [0.5, 0.6) is 0 Å². The van der Waals surface area contributed by atoms with Gasteiger partial charge in [-0.1, -0.05) is 0 Å². The molecule has 0 bridgehead atoms. The molecule has 0 saturated carbocycles. The van der Waals surface area contributed by atoms with E-state index in [-0.39, 0.29) is 5.78 Å². The second-order valence-corrected chi connectivity index (χ2v) is 1.35.